The van der Waals surface area contributed by atoms with E-state index in [4.69, 9.17) is 0 Å². The molecule has 0 radical (unpaired) electrons. The second-order valence-corrected chi connectivity index (χ2v) is 9.01. The van der Waals surface area contributed by atoms with E-state index in [0.29, 0.717) is 12.8 Å². The van der Waals surface area contributed by atoms with Crippen LogP contribution in [0.2, 0.25) is 0 Å². The third kappa shape index (κ3) is 4.25. The molecule has 6 nitrogen and oxygen atoms in total. The van der Waals surface area contributed by atoms with Crippen LogP contribution >= 0.6 is 0 Å². The maximum Gasteiger partial charge on any atom is 0.226 e. The first kappa shape index (κ1) is 18.2. The Balaban J connectivity index is 1.91. The van der Waals surface area contributed by atoms with Gasteiger partial charge in [-0.3, -0.25) is 9.59 Å². The van der Waals surface area contributed by atoms with E-state index in [1.54, 1.807) is 11.9 Å². The lowest BCUT2D eigenvalue weighted by molar-refractivity contribution is -0.138. The van der Waals surface area contributed by atoms with Crippen molar-refractivity contribution in [1.29, 1.82) is 0 Å². The van der Waals surface area contributed by atoms with Crippen LogP contribution in [0.1, 0.15) is 39.5 Å². The summed E-state index contributed by atoms with van der Waals surface area (Å²) in [4.78, 5) is 28.4. The molecule has 1 saturated carbocycles. The van der Waals surface area contributed by atoms with Gasteiger partial charge < -0.3 is 9.80 Å². The molecule has 0 N–H and O–H groups in total. The minimum atomic E-state index is -3.01. The largest absolute Gasteiger partial charge is 0.342 e. The van der Waals surface area contributed by atoms with Gasteiger partial charge in [0.05, 0.1) is 23.3 Å². The zero-order valence-corrected chi connectivity index (χ0v) is 15.1. The fourth-order valence-electron chi connectivity index (χ4n) is 3.37. The van der Waals surface area contributed by atoms with E-state index in [1.807, 2.05) is 18.7 Å². The van der Waals surface area contributed by atoms with Crippen LogP contribution < -0.4 is 0 Å². The van der Waals surface area contributed by atoms with Gasteiger partial charge in [-0.25, -0.2) is 8.42 Å². The standard InChI is InChI=1S/C16H28N2O4S/c1-4-7-18(8-5-2)16(20)14-10-13(14)15(19)17(3)12-6-9-23(21,22)11-12/h12-14H,4-11H2,1-3H3. The molecule has 1 heterocycles. The molecule has 1 aliphatic carbocycles. The number of nitrogens with zero attached hydrogens (tertiary/aromatic N) is 2. The quantitative estimate of drug-likeness (QED) is 0.688. The van der Waals surface area contributed by atoms with Gasteiger partial charge in [-0.2, -0.15) is 0 Å². The summed E-state index contributed by atoms with van der Waals surface area (Å²) in [6.45, 7) is 5.56. The number of amides is 2. The lowest BCUT2D eigenvalue weighted by Gasteiger charge is -2.24. The third-order valence-electron chi connectivity index (χ3n) is 4.83. The summed E-state index contributed by atoms with van der Waals surface area (Å²) in [5.74, 6) is -0.243. The Bertz CT molecular complexity index is 554. The van der Waals surface area contributed by atoms with Crippen molar-refractivity contribution in [2.24, 2.45) is 11.8 Å². The number of rotatable bonds is 7. The van der Waals surface area contributed by atoms with E-state index < -0.39 is 9.84 Å². The molecule has 2 fully saturated rings. The lowest BCUT2D eigenvalue weighted by atomic mass is 10.2. The Kier molecular flexibility index (Phi) is 5.70. The van der Waals surface area contributed by atoms with E-state index in [9.17, 15) is 18.0 Å². The second kappa shape index (κ2) is 7.20. The Morgan fingerprint density at radius 1 is 1.04 bits per heavy atom. The van der Waals surface area contributed by atoms with Crippen molar-refractivity contribution < 1.29 is 18.0 Å². The molecule has 2 amide bonds. The molecule has 0 bridgehead atoms. The fourth-order valence-corrected chi connectivity index (χ4v) is 5.14. The first-order chi connectivity index (χ1) is 10.8. The molecule has 2 rings (SSSR count). The second-order valence-electron chi connectivity index (χ2n) is 6.78. The van der Waals surface area contributed by atoms with Crippen LogP contribution in [0, 0.1) is 11.8 Å². The highest BCUT2D eigenvalue weighted by atomic mass is 32.2. The summed E-state index contributed by atoms with van der Waals surface area (Å²) >= 11 is 0. The molecule has 1 aliphatic heterocycles. The molecule has 3 atom stereocenters. The highest BCUT2D eigenvalue weighted by molar-refractivity contribution is 7.91. The van der Waals surface area contributed by atoms with Crippen molar-refractivity contribution >= 4 is 21.7 Å². The van der Waals surface area contributed by atoms with Crippen molar-refractivity contribution in [2.45, 2.75) is 45.6 Å². The van der Waals surface area contributed by atoms with E-state index in [-0.39, 0.29) is 41.2 Å². The van der Waals surface area contributed by atoms with E-state index >= 15 is 0 Å². The summed E-state index contributed by atoms with van der Waals surface area (Å²) < 4.78 is 23.1. The predicted octanol–water partition coefficient (Wildman–Crippen LogP) is 0.917. The van der Waals surface area contributed by atoms with E-state index in [0.717, 1.165) is 25.9 Å². The van der Waals surface area contributed by atoms with Gasteiger partial charge >= 0.3 is 0 Å². The van der Waals surface area contributed by atoms with E-state index in [1.165, 1.54) is 0 Å². The highest BCUT2D eigenvalue weighted by Gasteiger charge is 2.51. The molecule has 3 unspecified atom stereocenters. The lowest BCUT2D eigenvalue weighted by Crippen LogP contribution is -2.40. The third-order valence-corrected chi connectivity index (χ3v) is 6.58. The molecule has 0 aromatic heterocycles. The zero-order chi connectivity index (χ0) is 17.2. The van der Waals surface area contributed by atoms with Crippen LogP contribution in [-0.4, -0.2) is 67.7 Å². The molecular weight excluding hydrogens is 316 g/mol. The van der Waals surface area contributed by atoms with Gasteiger partial charge in [0.25, 0.3) is 0 Å². The maximum atomic E-state index is 12.5. The van der Waals surface area contributed by atoms with Gasteiger partial charge in [0.15, 0.2) is 9.84 Å². The molecular formula is C16H28N2O4S. The Morgan fingerprint density at radius 3 is 2.09 bits per heavy atom. The Morgan fingerprint density at radius 2 is 1.61 bits per heavy atom. The normalized spacial score (nSPS) is 28.4. The number of carbonyl (C=O) groups is 2. The zero-order valence-electron chi connectivity index (χ0n) is 14.3. The summed E-state index contributed by atoms with van der Waals surface area (Å²) in [6.07, 6.45) is 2.94. The molecule has 0 spiro atoms. The average Bonchev–Trinajstić information content (AvgIpc) is 3.22. The molecule has 132 valence electrons. The minimum Gasteiger partial charge on any atom is -0.342 e. The Hall–Kier alpha value is -1.11. The highest BCUT2D eigenvalue weighted by Crippen LogP contribution is 2.42. The first-order valence-corrected chi connectivity index (χ1v) is 10.4. The van der Waals surface area contributed by atoms with Gasteiger partial charge in [0.2, 0.25) is 11.8 Å². The molecule has 2 aliphatic rings. The van der Waals surface area contributed by atoms with Gasteiger partial charge in [-0.05, 0) is 25.7 Å². The van der Waals surface area contributed by atoms with Crippen molar-refractivity contribution in [3.63, 3.8) is 0 Å². The van der Waals surface area contributed by atoms with Crippen LogP contribution in [-0.2, 0) is 19.4 Å². The summed E-state index contributed by atoms with van der Waals surface area (Å²) in [5.41, 5.74) is 0. The van der Waals surface area contributed by atoms with Crippen LogP contribution in [0.15, 0.2) is 0 Å². The molecule has 23 heavy (non-hydrogen) atoms. The van der Waals surface area contributed by atoms with Gasteiger partial charge in [0, 0.05) is 26.2 Å². The summed E-state index contributed by atoms with van der Waals surface area (Å²) in [6, 6.07) is -0.230. The Labute approximate surface area is 139 Å². The summed E-state index contributed by atoms with van der Waals surface area (Å²) in [7, 11) is -1.34. The van der Waals surface area contributed by atoms with Crippen molar-refractivity contribution in [3.8, 4) is 0 Å². The minimum absolute atomic E-state index is 0.0539. The van der Waals surface area contributed by atoms with Crippen molar-refractivity contribution in [2.75, 3.05) is 31.6 Å². The van der Waals surface area contributed by atoms with Crippen molar-refractivity contribution in [1.82, 2.24) is 9.80 Å². The topological polar surface area (TPSA) is 74.8 Å². The number of sulfone groups is 1. The molecule has 0 aromatic carbocycles. The van der Waals surface area contributed by atoms with Crippen LogP contribution in [0.25, 0.3) is 0 Å². The van der Waals surface area contributed by atoms with E-state index in [2.05, 4.69) is 0 Å². The average molecular weight is 344 g/mol. The van der Waals surface area contributed by atoms with Gasteiger partial charge in [-0.1, -0.05) is 13.8 Å². The SMILES string of the molecule is CCCN(CCC)C(=O)C1CC1C(=O)N(C)C1CCS(=O)(=O)C1. The first-order valence-electron chi connectivity index (χ1n) is 8.56. The van der Waals surface area contributed by atoms with Gasteiger partial charge in [0.1, 0.15) is 0 Å². The summed E-state index contributed by atoms with van der Waals surface area (Å²) in [5, 5.41) is 0. The van der Waals surface area contributed by atoms with Crippen LogP contribution in [0.5, 0.6) is 0 Å². The molecule has 1 saturated heterocycles. The van der Waals surface area contributed by atoms with Crippen LogP contribution in [0.4, 0.5) is 0 Å². The number of hydrogen-bond acceptors (Lipinski definition) is 4. The molecule has 7 heteroatoms. The fraction of sp³-hybridized carbons (Fsp3) is 0.875. The van der Waals surface area contributed by atoms with Crippen molar-refractivity contribution in [3.05, 3.63) is 0 Å². The van der Waals surface area contributed by atoms with Crippen LogP contribution in [0.3, 0.4) is 0 Å². The maximum absolute atomic E-state index is 12.5. The smallest absolute Gasteiger partial charge is 0.226 e. The predicted molar refractivity (Wildman–Crippen MR) is 88.6 cm³/mol. The molecule has 0 aromatic rings. The van der Waals surface area contributed by atoms with Gasteiger partial charge in [-0.15, -0.1) is 0 Å². The monoisotopic (exact) mass is 344 g/mol. The number of hydrogen-bond donors (Lipinski definition) is 0. The number of carbonyl (C=O) groups excluding carboxylic acids is 2.